The van der Waals surface area contributed by atoms with E-state index >= 15 is 0 Å². The van der Waals surface area contributed by atoms with Crippen molar-refractivity contribution in [3.8, 4) is 11.5 Å². The normalized spacial score (nSPS) is 29.2. The Bertz CT molecular complexity index is 1380. The Kier molecular flexibility index (Phi) is 8.14. The Morgan fingerprint density at radius 2 is 1.82 bits per heavy atom. The number of phenols is 2. The summed E-state index contributed by atoms with van der Waals surface area (Å²) in [5.41, 5.74) is 3.03. The van der Waals surface area contributed by atoms with Gasteiger partial charge in [-0.05, 0) is 12.5 Å². The SMILES string of the molecule is CCC(=O)[C@]1(O)Cc2c(O)c3c(c(O)c2[C@@H](O[C@H]2C[C@@H](N)[C@H](O)C(C)O2)C1)C(=O)c1c(CO)cccc1C3=O.Cl. The highest BCUT2D eigenvalue weighted by atomic mass is 35.5. The van der Waals surface area contributed by atoms with Gasteiger partial charge in [0.15, 0.2) is 23.6 Å². The Morgan fingerprint density at radius 1 is 1.15 bits per heavy atom. The number of hydrogen-bond acceptors (Lipinski definition) is 11. The second-order valence-corrected chi connectivity index (χ2v) is 10.5. The van der Waals surface area contributed by atoms with Crippen LogP contribution in [0.25, 0.3) is 0 Å². The number of aromatic hydroxyl groups is 2. The van der Waals surface area contributed by atoms with Crippen LogP contribution in [0.2, 0.25) is 0 Å². The molecule has 0 saturated carbocycles. The van der Waals surface area contributed by atoms with Crippen LogP contribution in [0.3, 0.4) is 0 Å². The number of carbonyl (C=O) groups excluding carboxylic acids is 3. The lowest BCUT2D eigenvalue weighted by Crippen LogP contribution is -2.52. The van der Waals surface area contributed by atoms with E-state index < -0.39 is 89.2 Å². The van der Waals surface area contributed by atoms with E-state index in [1.807, 2.05) is 0 Å². The molecule has 40 heavy (non-hydrogen) atoms. The Hall–Kier alpha value is -2.90. The number of ketones is 3. The molecule has 12 heteroatoms. The molecule has 1 heterocycles. The second kappa shape index (κ2) is 10.8. The number of hydrogen-bond donors (Lipinski definition) is 6. The van der Waals surface area contributed by atoms with Gasteiger partial charge in [-0.3, -0.25) is 14.4 Å². The van der Waals surface area contributed by atoms with Gasteiger partial charge in [0.2, 0.25) is 0 Å². The number of nitrogens with two attached hydrogens (primary N) is 1. The average Bonchev–Trinajstić information content (AvgIpc) is 2.90. The first-order valence-corrected chi connectivity index (χ1v) is 12.9. The Balaban J connectivity index is 0.00000370. The van der Waals surface area contributed by atoms with E-state index in [-0.39, 0.29) is 59.5 Å². The van der Waals surface area contributed by atoms with Crippen molar-refractivity contribution in [1.82, 2.24) is 0 Å². The summed E-state index contributed by atoms with van der Waals surface area (Å²) in [6, 6.07) is 3.66. The molecule has 0 spiro atoms. The summed E-state index contributed by atoms with van der Waals surface area (Å²) in [6.45, 7) is 2.64. The van der Waals surface area contributed by atoms with Crippen molar-refractivity contribution >= 4 is 29.8 Å². The lowest BCUT2D eigenvalue weighted by molar-refractivity contribution is -0.247. The molecule has 0 radical (unpaired) electrons. The first-order valence-electron chi connectivity index (χ1n) is 12.9. The molecular formula is C28H32ClNO10. The molecule has 1 aliphatic heterocycles. The topological polar surface area (TPSA) is 197 Å². The maximum absolute atomic E-state index is 13.6. The number of halogens is 1. The monoisotopic (exact) mass is 577 g/mol. The average molecular weight is 578 g/mol. The summed E-state index contributed by atoms with van der Waals surface area (Å²) in [5.74, 6) is -3.32. The molecule has 216 valence electrons. The van der Waals surface area contributed by atoms with Crippen molar-refractivity contribution in [3.05, 3.63) is 57.1 Å². The molecule has 2 aliphatic carbocycles. The molecule has 1 fully saturated rings. The third kappa shape index (κ3) is 4.51. The van der Waals surface area contributed by atoms with E-state index in [1.54, 1.807) is 13.8 Å². The van der Waals surface area contributed by atoms with Gasteiger partial charge >= 0.3 is 0 Å². The highest BCUT2D eigenvalue weighted by Crippen LogP contribution is 2.52. The highest BCUT2D eigenvalue weighted by Gasteiger charge is 2.49. The zero-order valence-corrected chi connectivity index (χ0v) is 22.7. The highest BCUT2D eigenvalue weighted by molar-refractivity contribution is 6.31. The number of fused-ring (bicyclic) bond motifs is 3. The molecule has 11 nitrogen and oxygen atoms in total. The predicted octanol–water partition coefficient (Wildman–Crippen LogP) is 1.32. The molecule has 7 N–H and O–H groups in total. The maximum atomic E-state index is 13.6. The van der Waals surface area contributed by atoms with Crippen molar-refractivity contribution < 1.29 is 49.4 Å². The summed E-state index contributed by atoms with van der Waals surface area (Å²) >= 11 is 0. The van der Waals surface area contributed by atoms with Crippen LogP contribution in [0.5, 0.6) is 11.5 Å². The third-order valence-corrected chi connectivity index (χ3v) is 8.06. The molecule has 1 saturated heterocycles. The number of aliphatic hydroxyl groups is 3. The Morgan fingerprint density at radius 3 is 2.45 bits per heavy atom. The number of carbonyl (C=O) groups is 3. The van der Waals surface area contributed by atoms with E-state index in [0.29, 0.717) is 0 Å². The molecule has 5 rings (SSSR count). The van der Waals surface area contributed by atoms with Gasteiger partial charge in [-0.1, -0.05) is 25.1 Å². The van der Waals surface area contributed by atoms with Gasteiger partial charge in [0.25, 0.3) is 0 Å². The van der Waals surface area contributed by atoms with Crippen LogP contribution in [0, 0.1) is 0 Å². The molecule has 0 bridgehead atoms. The molecule has 2 aromatic carbocycles. The van der Waals surface area contributed by atoms with Gasteiger partial charge < -0.3 is 40.7 Å². The van der Waals surface area contributed by atoms with Crippen LogP contribution in [-0.4, -0.2) is 73.0 Å². The molecule has 6 atom stereocenters. The van der Waals surface area contributed by atoms with E-state index in [9.17, 15) is 39.9 Å². The maximum Gasteiger partial charge on any atom is 0.198 e. The van der Waals surface area contributed by atoms with E-state index in [0.717, 1.165) is 0 Å². The predicted molar refractivity (Wildman–Crippen MR) is 142 cm³/mol. The number of Topliss-reactive ketones (excluding diaryl/α,β-unsaturated/α-hetero) is 1. The minimum absolute atomic E-state index is 0. The molecular weight excluding hydrogens is 546 g/mol. The first-order chi connectivity index (χ1) is 18.4. The quantitative estimate of drug-likeness (QED) is 0.239. The van der Waals surface area contributed by atoms with Gasteiger partial charge in [-0.25, -0.2) is 0 Å². The van der Waals surface area contributed by atoms with E-state index in [2.05, 4.69) is 0 Å². The lowest BCUT2D eigenvalue weighted by Gasteiger charge is -2.42. The van der Waals surface area contributed by atoms with Crippen molar-refractivity contribution in [1.29, 1.82) is 0 Å². The first kappa shape index (κ1) is 30.1. The van der Waals surface area contributed by atoms with Crippen LogP contribution in [-0.2, 0) is 27.3 Å². The van der Waals surface area contributed by atoms with Gasteiger partial charge in [0, 0.05) is 54.0 Å². The number of phenolic OH excluding ortho intramolecular Hbond substituents is 2. The minimum atomic E-state index is -2.00. The summed E-state index contributed by atoms with van der Waals surface area (Å²) in [7, 11) is 0. The van der Waals surface area contributed by atoms with Crippen LogP contribution < -0.4 is 5.73 Å². The molecule has 1 unspecified atom stereocenters. The van der Waals surface area contributed by atoms with E-state index in [1.165, 1.54) is 18.2 Å². The lowest BCUT2D eigenvalue weighted by atomic mass is 9.71. The van der Waals surface area contributed by atoms with Crippen molar-refractivity contribution in [2.24, 2.45) is 5.73 Å². The van der Waals surface area contributed by atoms with Crippen molar-refractivity contribution in [2.75, 3.05) is 0 Å². The third-order valence-electron chi connectivity index (χ3n) is 8.06. The molecule has 3 aliphatic rings. The van der Waals surface area contributed by atoms with E-state index in [4.69, 9.17) is 15.2 Å². The fourth-order valence-corrected chi connectivity index (χ4v) is 6.00. The summed E-state index contributed by atoms with van der Waals surface area (Å²) < 4.78 is 11.8. The van der Waals surface area contributed by atoms with Gasteiger partial charge in [-0.15, -0.1) is 12.4 Å². The largest absolute Gasteiger partial charge is 0.507 e. The molecule has 0 amide bonds. The van der Waals surface area contributed by atoms with Gasteiger partial charge in [0.05, 0.1) is 36.0 Å². The van der Waals surface area contributed by atoms with Gasteiger partial charge in [0.1, 0.15) is 17.1 Å². The van der Waals surface area contributed by atoms with Crippen LogP contribution in [0.4, 0.5) is 0 Å². The van der Waals surface area contributed by atoms with Crippen LogP contribution in [0.15, 0.2) is 18.2 Å². The summed E-state index contributed by atoms with van der Waals surface area (Å²) in [4.78, 5) is 40.0. The Labute approximate surface area is 235 Å². The fraction of sp³-hybridized carbons (Fsp3) is 0.464. The van der Waals surface area contributed by atoms with Gasteiger partial charge in [-0.2, -0.15) is 0 Å². The summed E-state index contributed by atoms with van der Waals surface area (Å²) in [6.07, 6.45) is -4.63. The standard InChI is InChI=1S/C28H31NO10.ClH/c1-3-17(31)28(37)8-14-20(16(9-28)39-18-7-15(29)23(32)11(2)38-18)27(36)22-21(25(14)34)24(33)13-6-4-5-12(10-30)19(13)26(22)35;/h4-6,11,15-16,18,23,30,32,34,36-37H,3,7-10,29H2,1-2H3;1H/t11?,15-,16+,18+,23-,28+;/m1./s1. The smallest absolute Gasteiger partial charge is 0.198 e. The fourth-order valence-electron chi connectivity index (χ4n) is 6.00. The zero-order valence-electron chi connectivity index (χ0n) is 21.9. The number of aliphatic hydroxyl groups excluding tert-OH is 2. The number of ether oxygens (including phenoxy) is 2. The summed E-state index contributed by atoms with van der Waals surface area (Å²) in [5, 5.41) is 54.2. The van der Waals surface area contributed by atoms with Crippen molar-refractivity contribution in [2.45, 2.75) is 82.4 Å². The second-order valence-electron chi connectivity index (χ2n) is 10.5. The van der Waals surface area contributed by atoms with Crippen molar-refractivity contribution in [3.63, 3.8) is 0 Å². The minimum Gasteiger partial charge on any atom is -0.507 e. The number of rotatable bonds is 5. The van der Waals surface area contributed by atoms with Crippen LogP contribution in [0.1, 0.15) is 87.7 Å². The zero-order chi connectivity index (χ0) is 28.4. The number of benzene rings is 2. The molecule has 2 aromatic rings. The van der Waals surface area contributed by atoms with Crippen LogP contribution >= 0.6 is 12.4 Å². The molecule has 0 aromatic heterocycles.